The molecule has 0 atom stereocenters. The van der Waals surface area contributed by atoms with E-state index in [1.165, 1.54) is 20.3 Å². The smallest absolute Gasteiger partial charge is 0.337 e. The predicted molar refractivity (Wildman–Crippen MR) is 107 cm³/mol. The summed E-state index contributed by atoms with van der Waals surface area (Å²) in [5, 5.41) is 3.13. The maximum absolute atomic E-state index is 11.7. The molecule has 0 bridgehead atoms. The Morgan fingerprint density at radius 2 is 1.86 bits per heavy atom. The average molecular weight is 395 g/mol. The lowest BCUT2D eigenvalue weighted by Gasteiger charge is -2.12. The molecule has 1 aromatic heterocycles. The van der Waals surface area contributed by atoms with E-state index in [0.29, 0.717) is 28.8 Å². The molecule has 0 radical (unpaired) electrons. The van der Waals surface area contributed by atoms with Gasteiger partial charge in [0.2, 0.25) is 11.9 Å². The Morgan fingerprint density at radius 1 is 1.07 bits per heavy atom. The van der Waals surface area contributed by atoms with E-state index in [1.54, 1.807) is 12.1 Å². The molecular formula is C20H21N5O4. The van der Waals surface area contributed by atoms with Gasteiger partial charge in [0.05, 0.1) is 19.8 Å². The SMILES string of the molecule is COC(=O)c1ccc(OCc2nc(N)nc(Nc3ccccc3C)n2)c(OC)c1. The van der Waals surface area contributed by atoms with Crippen LogP contribution in [-0.4, -0.2) is 35.1 Å². The molecule has 150 valence electrons. The van der Waals surface area contributed by atoms with E-state index in [0.717, 1.165) is 11.3 Å². The molecule has 0 aliphatic carbocycles. The van der Waals surface area contributed by atoms with Gasteiger partial charge in [0.15, 0.2) is 17.3 Å². The zero-order valence-corrected chi connectivity index (χ0v) is 16.3. The van der Waals surface area contributed by atoms with Gasteiger partial charge in [0.1, 0.15) is 6.61 Å². The molecule has 0 amide bonds. The molecule has 9 heteroatoms. The highest BCUT2D eigenvalue weighted by Crippen LogP contribution is 2.29. The summed E-state index contributed by atoms with van der Waals surface area (Å²) in [4.78, 5) is 24.2. The van der Waals surface area contributed by atoms with E-state index in [4.69, 9.17) is 19.9 Å². The third-order valence-electron chi connectivity index (χ3n) is 4.03. The number of benzene rings is 2. The number of nitrogens with one attached hydrogen (secondary N) is 1. The van der Waals surface area contributed by atoms with E-state index in [2.05, 4.69) is 20.3 Å². The zero-order valence-electron chi connectivity index (χ0n) is 16.3. The third-order valence-corrected chi connectivity index (χ3v) is 4.03. The van der Waals surface area contributed by atoms with Gasteiger partial charge < -0.3 is 25.3 Å². The largest absolute Gasteiger partial charge is 0.493 e. The number of hydrogen-bond donors (Lipinski definition) is 2. The number of nitrogens with two attached hydrogens (primary N) is 1. The monoisotopic (exact) mass is 395 g/mol. The number of methoxy groups -OCH3 is 2. The van der Waals surface area contributed by atoms with Gasteiger partial charge in [-0.05, 0) is 36.8 Å². The molecule has 0 aliphatic heterocycles. The van der Waals surface area contributed by atoms with Gasteiger partial charge in [0, 0.05) is 5.69 Å². The standard InChI is InChI=1S/C20H21N5O4/c1-12-6-4-5-7-14(12)22-20-24-17(23-19(21)25-20)11-29-15-9-8-13(18(26)28-3)10-16(15)27-2/h4-10H,11H2,1-3H3,(H3,21,22,23,24,25). The first-order valence-electron chi connectivity index (χ1n) is 8.72. The number of para-hydroxylation sites is 1. The molecule has 0 aliphatic rings. The number of anilines is 3. The predicted octanol–water partition coefficient (Wildman–Crippen LogP) is 2.88. The maximum atomic E-state index is 11.7. The Kier molecular flexibility index (Phi) is 6.08. The number of aromatic nitrogens is 3. The lowest BCUT2D eigenvalue weighted by molar-refractivity contribution is 0.0600. The topological polar surface area (TPSA) is 121 Å². The van der Waals surface area contributed by atoms with Crippen molar-refractivity contribution in [1.29, 1.82) is 0 Å². The Balaban J connectivity index is 1.76. The number of carbonyl (C=O) groups excluding carboxylic acids is 1. The van der Waals surface area contributed by atoms with Gasteiger partial charge in [-0.15, -0.1) is 0 Å². The summed E-state index contributed by atoms with van der Waals surface area (Å²) in [6.45, 7) is 2.00. The molecule has 0 unspecified atom stereocenters. The first kappa shape index (κ1) is 19.9. The highest BCUT2D eigenvalue weighted by Gasteiger charge is 2.13. The van der Waals surface area contributed by atoms with Crippen molar-refractivity contribution in [3.05, 3.63) is 59.4 Å². The van der Waals surface area contributed by atoms with Gasteiger partial charge in [-0.1, -0.05) is 18.2 Å². The lowest BCUT2D eigenvalue weighted by atomic mass is 10.2. The molecule has 3 N–H and O–H groups in total. The normalized spacial score (nSPS) is 10.3. The Bertz CT molecular complexity index is 1030. The Hall–Kier alpha value is -3.88. The molecule has 0 fully saturated rings. The second-order valence-electron chi connectivity index (χ2n) is 6.02. The van der Waals surface area contributed by atoms with Crippen LogP contribution in [0.15, 0.2) is 42.5 Å². The number of ether oxygens (including phenoxy) is 3. The summed E-state index contributed by atoms with van der Waals surface area (Å²) in [7, 11) is 2.79. The average Bonchev–Trinajstić information content (AvgIpc) is 2.73. The van der Waals surface area contributed by atoms with Crippen molar-refractivity contribution in [2.75, 3.05) is 25.3 Å². The molecule has 3 rings (SSSR count). The van der Waals surface area contributed by atoms with Gasteiger partial charge in [-0.25, -0.2) is 4.79 Å². The number of rotatable bonds is 7. The lowest BCUT2D eigenvalue weighted by Crippen LogP contribution is -2.10. The van der Waals surface area contributed by atoms with Crippen LogP contribution in [0.5, 0.6) is 11.5 Å². The van der Waals surface area contributed by atoms with E-state index < -0.39 is 5.97 Å². The number of aryl methyl sites for hydroxylation is 1. The fourth-order valence-corrected chi connectivity index (χ4v) is 2.57. The van der Waals surface area contributed by atoms with Crippen LogP contribution < -0.4 is 20.5 Å². The van der Waals surface area contributed by atoms with Crippen LogP contribution in [0.3, 0.4) is 0 Å². The quantitative estimate of drug-likeness (QED) is 0.581. The van der Waals surface area contributed by atoms with Crippen LogP contribution in [0.1, 0.15) is 21.7 Å². The van der Waals surface area contributed by atoms with E-state index in [1.807, 2.05) is 31.2 Å². The number of carbonyl (C=O) groups is 1. The van der Waals surface area contributed by atoms with Crippen molar-refractivity contribution in [2.45, 2.75) is 13.5 Å². The van der Waals surface area contributed by atoms with Crippen LogP contribution in [0.4, 0.5) is 17.6 Å². The first-order valence-corrected chi connectivity index (χ1v) is 8.72. The minimum atomic E-state index is -0.466. The third kappa shape index (κ3) is 4.89. The first-order chi connectivity index (χ1) is 14.0. The number of nitrogens with zero attached hydrogens (tertiary/aromatic N) is 3. The van der Waals surface area contributed by atoms with Gasteiger partial charge >= 0.3 is 5.97 Å². The molecular weight excluding hydrogens is 374 g/mol. The minimum absolute atomic E-state index is 0.0309. The zero-order chi connectivity index (χ0) is 20.8. The Labute approximate surface area is 167 Å². The van der Waals surface area contributed by atoms with Crippen molar-refractivity contribution in [3.63, 3.8) is 0 Å². The van der Waals surface area contributed by atoms with Crippen LogP contribution in [0, 0.1) is 6.92 Å². The second kappa shape index (κ2) is 8.87. The van der Waals surface area contributed by atoms with Gasteiger partial charge in [-0.3, -0.25) is 0 Å². The highest BCUT2D eigenvalue weighted by atomic mass is 16.5. The van der Waals surface area contributed by atoms with Crippen LogP contribution >= 0.6 is 0 Å². The molecule has 9 nitrogen and oxygen atoms in total. The summed E-state index contributed by atoms with van der Waals surface area (Å²) >= 11 is 0. The summed E-state index contributed by atoms with van der Waals surface area (Å²) in [5.74, 6) is 1.07. The van der Waals surface area contributed by atoms with E-state index in [9.17, 15) is 4.79 Å². The summed E-state index contributed by atoms with van der Waals surface area (Å²) in [6.07, 6.45) is 0. The van der Waals surface area contributed by atoms with Crippen LogP contribution in [-0.2, 0) is 11.3 Å². The summed E-state index contributed by atoms with van der Waals surface area (Å²) in [5.41, 5.74) is 8.07. The van der Waals surface area contributed by atoms with Gasteiger partial charge in [-0.2, -0.15) is 15.0 Å². The van der Waals surface area contributed by atoms with Crippen molar-refractivity contribution < 1.29 is 19.0 Å². The Morgan fingerprint density at radius 3 is 2.59 bits per heavy atom. The van der Waals surface area contributed by atoms with Gasteiger partial charge in [0.25, 0.3) is 0 Å². The van der Waals surface area contributed by atoms with Crippen molar-refractivity contribution in [2.24, 2.45) is 0 Å². The fraction of sp³-hybridized carbons (Fsp3) is 0.200. The van der Waals surface area contributed by atoms with Crippen molar-refractivity contribution in [1.82, 2.24) is 15.0 Å². The minimum Gasteiger partial charge on any atom is -0.493 e. The van der Waals surface area contributed by atoms with E-state index in [-0.39, 0.29) is 12.6 Å². The van der Waals surface area contributed by atoms with E-state index >= 15 is 0 Å². The van der Waals surface area contributed by atoms with Crippen LogP contribution in [0.2, 0.25) is 0 Å². The summed E-state index contributed by atoms with van der Waals surface area (Å²) < 4.78 is 15.7. The second-order valence-corrected chi connectivity index (χ2v) is 6.02. The number of hydrogen-bond acceptors (Lipinski definition) is 9. The van der Waals surface area contributed by atoms with Crippen LogP contribution in [0.25, 0.3) is 0 Å². The van der Waals surface area contributed by atoms with Crippen molar-refractivity contribution in [3.8, 4) is 11.5 Å². The molecule has 2 aromatic carbocycles. The maximum Gasteiger partial charge on any atom is 0.337 e. The molecule has 29 heavy (non-hydrogen) atoms. The molecule has 3 aromatic rings. The van der Waals surface area contributed by atoms with Crippen molar-refractivity contribution >= 4 is 23.6 Å². The number of esters is 1. The number of nitrogen functional groups attached to an aromatic ring is 1. The summed E-state index contributed by atoms with van der Waals surface area (Å²) in [6, 6.07) is 12.5. The fourth-order valence-electron chi connectivity index (χ4n) is 2.57. The molecule has 0 saturated heterocycles. The molecule has 1 heterocycles. The molecule has 0 spiro atoms. The highest BCUT2D eigenvalue weighted by molar-refractivity contribution is 5.90. The molecule has 0 saturated carbocycles.